The summed E-state index contributed by atoms with van der Waals surface area (Å²) in [5.41, 5.74) is 1.84. The van der Waals surface area contributed by atoms with E-state index in [1.54, 1.807) is 0 Å². The predicted molar refractivity (Wildman–Crippen MR) is 116 cm³/mol. The highest BCUT2D eigenvalue weighted by atomic mass is 16.5. The van der Waals surface area contributed by atoms with Crippen LogP contribution in [0.15, 0.2) is 29.3 Å². The summed E-state index contributed by atoms with van der Waals surface area (Å²) >= 11 is 0. The number of carbonyl (C=O) groups is 2. The van der Waals surface area contributed by atoms with Gasteiger partial charge in [-0.15, -0.1) is 0 Å². The Morgan fingerprint density at radius 1 is 1.21 bits per heavy atom. The van der Waals surface area contributed by atoms with Crippen molar-refractivity contribution >= 4 is 23.5 Å². The normalized spacial score (nSPS) is 15.1. The van der Waals surface area contributed by atoms with E-state index in [2.05, 4.69) is 15.5 Å². The van der Waals surface area contributed by atoms with Crippen molar-refractivity contribution in [2.24, 2.45) is 10.9 Å². The quantitative estimate of drug-likeness (QED) is 0.396. The van der Waals surface area contributed by atoms with Gasteiger partial charge in [-0.05, 0) is 50.8 Å². The van der Waals surface area contributed by atoms with E-state index in [9.17, 15) is 9.59 Å². The fourth-order valence-corrected chi connectivity index (χ4v) is 3.38. The molecule has 160 valence electrons. The minimum Gasteiger partial charge on any atom is -0.466 e. The van der Waals surface area contributed by atoms with Crippen molar-refractivity contribution in [2.75, 3.05) is 31.6 Å². The SMILES string of the molecule is CCCC(=O)Nc1cccc(CN=C(NCC)N2CCC(C(=O)OCC)CC2)c1. The number of nitrogens with one attached hydrogen (secondary N) is 2. The van der Waals surface area contributed by atoms with E-state index >= 15 is 0 Å². The van der Waals surface area contributed by atoms with Crippen LogP contribution in [0.5, 0.6) is 0 Å². The molecule has 0 aromatic heterocycles. The molecule has 1 heterocycles. The van der Waals surface area contributed by atoms with Crippen molar-refractivity contribution in [3.05, 3.63) is 29.8 Å². The largest absolute Gasteiger partial charge is 0.466 e. The Morgan fingerprint density at radius 2 is 1.97 bits per heavy atom. The lowest BCUT2D eigenvalue weighted by Crippen LogP contribution is -2.46. The molecule has 0 unspecified atom stereocenters. The highest BCUT2D eigenvalue weighted by Gasteiger charge is 2.27. The van der Waals surface area contributed by atoms with Gasteiger partial charge in [0.1, 0.15) is 0 Å². The first kappa shape index (κ1) is 22.7. The molecule has 7 nitrogen and oxygen atoms in total. The summed E-state index contributed by atoms with van der Waals surface area (Å²) in [5.74, 6) is 0.787. The summed E-state index contributed by atoms with van der Waals surface area (Å²) < 4.78 is 5.15. The van der Waals surface area contributed by atoms with E-state index in [4.69, 9.17) is 9.73 Å². The topological polar surface area (TPSA) is 83.0 Å². The van der Waals surface area contributed by atoms with Crippen molar-refractivity contribution in [1.82, 2.24) is 10.2 Å². The summed E-state index contributed by atoms with van der Waals surface area (Å²) in [4.78, 5) is 30.7. The second-order valence-electron chi connectivity index (χ2n) is 7.18. The van der Waals surface area contributed by atoms with E-state index < -0.39 is 0 Å². The van der Waals surface area contributed by atoms with Gasteiger partial charge in [-0.2, -0.15) is 0 Å². The van der Waals surface area contributed by atoms with Crippen molar-refractivity contribution in [3.8, 4) is 0 Å². The summed E-state index contributed by atoms with van der Waals surface area (Å²) in [6, 6.07) is 7.81. The highest BCUT2D eigenvalue weighted by Crippen LogP contribution is 2.19. The highest BCUT2D eigenvalue weighted by molar-refractivity contribution is 5.90. The minimum atomic E-state index is -0.0870. The van der Waals surface area contributed by atoms with Crippen molar-refractivity contribution < 1.29 is 14.3 Å². The summed E-state index contributed by atoms with van der Waals surface area (Å²) in [5, 5.41) is 6.27. The Bertz CT molecular complexity index is 697. The van der Waals surface area contributed by atoms with Crippen molar-refractivity contribution in [1.29, 1.82) is 0 Å². The number of rotatable bonds is 8. The van der Waals surface area contributed by atoms with Crippen LogP contribution in [0.25, 0.3) is 0 Å². The fraction of sp³-hybridized carbons (Fsp3) is 0.591. The molecule has 1 aliphatic rings. The maximum Gasteiger partial charge on any atom is 0.309 e. The Morgan fingerprint density at radius 3 is 2.62 bits per heavy atom. The zero-order chi connectivity index (χ0) is 21.1. The number of hydrogen-bond donors (Lipinski definition) is 2. The molecule has 1 aromatic rings. The van der Waals surface area contributed by atoms with E-state index in [-0.39, 0.29) is 17.8 Å². The van der Waals surface area contributed by atoms with E-state index in [1.165, 1.54) is 0 Å². The molecule has 0 spiro atoms. The molecule has 0 radical (unpaired) electrons. The van der Waals surface area contributed by atoms with Crippen LogP contribution in [0.3, 0.4) is 0 Å². The predicted octanol–water partition coefficient (Wildman–Crippen LogP) is 3.17. The van der Waals surface area contributed by atoms with Crippen LogP contribution in [0.1, 0.15) is 52.0 Å². The molecule has 2 rings (SSSR count). The van der Waals surface area contributed by atoms with Gasteiger partial charge in [-0.1, -0.05) is 19.1 Å². The first-order valence-electron chi connectivity index (χ1n) is 10.7. The van der Waals surface area contributed by atoms with Gasteiger partial charge >= 0.3 is 5.97 Å². The molecule has 0 atom stereocenters. The second kappa shape index (κ2) is 12.1. The first-order chi connectivity index (χ1) is 14.1. The number of likely N-dealkylation sites (tertiary alicyclic amines) is 1. The van der Waals surface area contributed by atoms with E-state index in [1.807, 2.05) is 45.0 Å². The average Bonchev–Trinajstić information content (AvgIpc) is 2.72. The molecule has 0 saturated carbocycles. The monoisotopic (exact) mass is 402 g/mol. The molecule has 1 aromatic carbocycles. The van der Waals surface area contributed by atoms with Gasteiger partial charge < -0.3 is 20.3 Å². The third-order valence-corrected chi connectivity index (χ3v) is 4.85. The van der Waals surface area contributed by atoms with Crippen LogP contribution < -0.4 is 10.6 Å². The van der Waals surface area contributed by atoms with Crippen molar-refractivity contribution in [2.45, 2.75) is 53.0 Å². The van der Waals surface area contributed by atoms with Gasteiger partial charge in [0.15, 0.2) is 5.96 Å². The number of nitrogens with zero attached hydrogens (tertiary/aromatic N) is 2. The van der Waals surface area contributed by atoms with Gasteiger partial charge in [0, 0.05) is 31.7 Å². The molecule has 7 heteroatoms. The Balaban J connectivity index is 1.97. The molecular formula is C22H34N4O3. The number of aliphatic imine (C=N–C) groups is 1. The zero-order valence-corrected chi connectivity index (χ0v) is 17.9. The molecule has 0 aliphatic carbocycles. The van der Waals surface area contributed by atoms with Gasteiger partial charge in [-0.3, -0.25) is 9.59 Å². The number of hydrogen-bond acceptors (Lipinski definition) is 4. The average molecular weight is 403 g/mol. The van der Waals surface area contributed by atoms with Crippen LogP contribution in [0.2, 0.25) is 0 Å². The molecular weight excluding hydrogens is 368 g/mol. The Kier molecular flexibility index (Phi) is 9.47. The lowest BCUT2D eigenvalue weighted by molar-refractivity contribution is -0.149. The van der Waals surface area contributed by atoms with Gasteiger partial charge in [-0.25, -0.2) is 4.99 Å². The lowest BCUT2D eigenvalue weighted by atomic mass is 9.97. The molecule has 1 fully saturated rings. The summed E-state index contributed by atoms with van der Waals surface area (Å²) in [6.45, 7) is 9.17. The molecule has 1 aliphatic heterocycles. The van der Waals surface area contributed by atoms with Crippen molar-refractivity contribution in [3.63, 3.8) is 0 Å². The van der Waals surface area contributed by atoms with Crippen LogP contribution in [-0.4, -0.2) is 49.0 Å². The molecule has 1 saturated heterocycles. The number of benzene rings is 1. The third kappa shape index (κ3) is 7.40. The Hall–Kier alpha value is -2.57. The maximum atomic E-state index is 11.9. The van der Waals surface area contributed by atoms with Crippen LogP contribution in [-0.2, 0) is 20.9 Å². The van der Waals surface area contributed by atoms with Gasteiger partial charge in [0.2, 0.25) is 5.91 Å². The number of anilines is 1. The number of guanidine groups is 1. The minimum absolute atomic E-state index is 0.0162. The number of carbonyl (C=O) groups excluding carboxylic acids is 2. The number of ether oxygens (including phenoxy) is 1. The van der Waals surface area contributed by atoms with E-state index in [0.29, 0.717) is 19.6 Å². The molecule has 2 N–H and O–H groups in total. The first-order valence-corrected chi connectivity index (χ1v) is 10.7. The standard InChI is InChI=1S/C22H34N4O3/c1-4-8-20(27)25-19-10-7-9-17(15-19)16-24-22(23-5-2)26-13-11-18(12-14-26)21(28)29-6-3/h7,9-10,15,18H,4-6,8,11-14,16H2,1-3H3,(H,23,24)(H,25,27). The third-order valence-electron chi connectivity index (χ3n) is 4.85. The van der Waals surface area contributed by atoms with Gasteiger partial charge in [0.25, 0.3) is 0 Å². The van der Waals surface area contributed by atoms with Crippen LogP contribution >= 0.6 is 0 Å². The maximum absolute atomic E-state index is 11.9. The number of esters is 1. The number of piperidine rings is 1. The Labute approximate surface area is 173 Å². The fourth-order valence-electron chi connectivity index (χ4n) is 3.38. The number of amides is 1. The molecule has 0 bridgehead atoms. The zero-order valence-electron chi connectivity index (χ0n) is 17.9. The van der Waals surface area contributed by atoms with Gasteiger partial charge in [0.05, 0.1) is 19.1 Å². The summed E-state index contributed by atoms with van der Waals surface area (Å²) in [6.07, 6.45) is 2.91. The summed E-state index contributed by atoms with van der Waals surface area (Å²) in [7, 11) is 0. The van der Waals surface area contributed by atoms with Crippen LogP contribution in [0, 0.1) is 5.92 Å². The van der Waals surface area contributed by atoms with E-state index in [0.717, 1.165) is 56.1 Å². The molecule has 29 heavy (non-hydrogen) atoms. The molecule has 1 amide bonds. The van der Waals surface area contributed by atoms with Crippen LogP contribution in [0.4, 0.5) is 5.69 Å². The second-order valence-corrected chi connectivity index (χ2v) is 7.18. The smallest absolute Gasteiger partial charge is 0.309 e. The lowest BCUT2D eigenvalue weighted by Gasteiger charge is -2.33.